The molecule has 0 saturated heterocycles. The van der Waals surface area contributed by atoms with Crippen molar-refractivity contribution in [3.8, 4) is 0 Å². The van der Waals surface area contributed by atoms with E-state index in [1.807, 2.05) is 12.3 Å². The Balaban J connectivity index is 2.78. The molecule has 0 aliphatic rings. The molecule has 0 aromatic carbocycles. The molecular formula is C10H14N2O4S. The fraction of sp³-hybridized carbons (Fsp3) is 0.500. The Morgan fingerprint density at radius 2 is 1.82 bits per heavy atom. The molecule has 0 atom stereocenters. The number of aryl methyl sites for hydroxylation is 1. The van der Waals surface area contributed by atoms with Crippen LogP contribution in [0.15, 0.2) is 5.38 Å². The third kappa shape index (κ3) is 4.03. The van der Waals surface area contributed by atoms with Crippen LogP contribution in [0.1, 0.15) is 5.69 Å². The van der Waals surface area contributed by atoms with Crippen LogP contribution in [0, 0.1) is 6.92 Å². The minimum atomic E-state index is -0.429. The van der Waals surface area contributed by atoms with Crippen molar-refractivity contribution >= 4 is 28.4 Å². The lowest BCUT2D eigenvalue weighted by atomic mass is 10.5. The van der Waals surface area contributed by atoms with E-state index in [2.05, 4.69) is 14.5 Å². The Morgan fingerprint density at radius 1 is 1.29 bits per heavy atom. The van der Waals surface area contributed by atoms with Crippen LogP contribution in [0.5, 0.6) is 0 Å². The number of carbonyl (C=O) groups is 2. The quantitative estimate of drug-likeness (QED) is 0.721. The van der Waals surface area contributed by atoms with E-state index in [-0.39, 0.29) is 13.1 Å². The van der Waals surface area contributed by atoms with Gasteiger partial charge in [0.2, 0.25) is 0 Å². The topological polar surface area (TPSA) is 68.7 Å². The minimum absolute atomic E-state index is 0.0292. The summed E-state index contributed by atoms with van der Waals surface area (Å²) in [4.78, 5) is 28.2. The summed E-state index contributed by atoms with van der Waals surface area (Å²) in [6, 6.07) is 0. The first-order chi connectivity index (χ1) is 8.06. The summed E-state index contributed by atoms with van der Waals surface area (Å²) in [6.07, 6.45) is 0. The zero-order valence-electron chi connectivity index (χ0n) is 9.93. The number of anilines is 1. The van der Waals surface area contributed by atoms with Crippen LogP contribution >= 0.6 is 11.3 Å². The lowest BCUT2D eigenvalue weighted by Gasteiger charge is -2.18. The fourth-order valence-corrected chi connectivity index (χ4v) is 1.92. The van der Waals surface area contributed by atoms with Gasteiger partial charge >= 0.3 is 11.9 Å². The van der Waals surface area contributed by atoms with Crippen LogP contribution in [0.25, 0.3) is 0 Å². The molecule has 1 rings (SSSR count). The maximum absolute atomic E-state index is 11.2. The molecular weight excluding hydrogens is 244 g/mol. The number of esters is 2. The van der Waals surface area contributed by atoms with E-state index in [0.717, 1.165) is 5.69 Å². The molecule has 94 valence electrons. The second-order valence-electron chi connectivity index (χ2n) is 3.28. The summed E-state index contributed by atoms with van der Waals surface area (Å²) >= 11 is 1.36. The molecule has 0 radical (unpaired) electrons. The fourth-order valence-electron chi connectivity index (χ4n) is 1.12. The normalized spacial score (nSPS) is 9.82. The summed E-state index contributed by atoms with van der Waals surface area (Å²) < 4.78 is 9.14. The van der Waals surface area contributed by atoms with E-state index < -0.39 is 11.9 Å². The van der Waals surface area contributed by atoms with Crippen LogP contribution in [-0.2, 0) is 19.1 Å². The predicted molar refractivity (Wildman–Crippen MR) is 63.1 cm³/mol. The van der Waals surface area contributed by atoms with E-state index in [1.54, 1.807) is 0 Å². The summed E-state index contributed by atoms with van der Waals surface area (Å²) in [7, 11) is 2.59. The van der Waals surface area contributed by atoms with Crippen molar-refractivity contribution in [1.29, 1.82) is 0 Å². The first-order valence-electron chi connectivity index (χ1n) is 4.87. The summed E-state index contributed by atoms with van der Waals surface area (Å²) in [6.45, 7) is 1.78. The second kappa shape index (κ2) is 6.19. The Hall–Kier alpha value is -1.63. The summed E-state index contributed by atoms with van der Waals surface area (Å²) in [5, 5.41) is 2.44. The smallest absolute Gasteiger partial charge is 0.325 e. The highest BCUT2D eigenvalue weighted by atomic mass is 32.1. The highest BCUT2D eigenvalue weighted by Crippen LogP contribution is 2.19. The average Bonchev–Trinajstić information content (AvgIpc) is 2.74. The van der Waals surface area contributed by atoms with Gasteiger partial charge in [0.25, 0.3) is 0 Å². The third-order valence-electron chi connectivity index (χ3n) is 1.97. The SMILES string of the molecule is COC(=O)CN(CC(=O)OC)c1nc(C)cs1. The number of thiazole rings is 1. The van der Waals surface area contributed by atoms with Crippen molar-refractivity contribution in [3.63, 3.8) is 0 Å². The van der Waals surface area contributed by atoms with Gasteiger partial charge in [0.1, 0.15) is 13.1 Å². The van der Waals surface area contributed by atoms with Crippen LogP contribution in [0.2, 0.25) is 0 Å². The molecule has 17 heavy (non-hydrogen) atoms. The number of ether oxygens (including phenoxy) is 2. The summed E-state index contributed by atoms with van der Waals surface area (Å²) in [5.41, 5.74) is 0.838. The Kier molecular flexibility index (Phi) is 4.89. The predicted octanol–water partition coefficient (Wildman–Crippen LogP) is 0.604. The molecule has 7 heteroatoms. The monoisotopic (exact) mass is 258 g/mol. The average molecular weight is 258 g/mol. The van der Waals surface area contributed by atoms with Gasteiger partial charge in [0.15, 0.2) is 5.13 Å². The van der Waals surface area contributed by atoms with Gasteiger partial charge in [-0.05, 0) is 6.92 Å². The van der Waals surface area contributed by atoms with Crippen molar-refractivity contribution in [3.05, 3.63) is 11.1 Å². The van der Waals surface area contributed by atoms with Crippen molar-refractivity contribution in [2.24, 2.45) is 0 Å². The Bertz CT molecular complexity index is 387. The van der Waals surface area contributed by atoms with E-state index >= 15 is 0 Å². The molecule has 1 aromatic rings. The molecule has 1 aromatic heterocycles. The largest absolute Gasteiger partial charge is 0.468 e. The highest BCUT2D eigenvalue weighted by molar-refractivity contribution is 7.13. The highest BCUT2D eigenvalue weighted by Gasteiger charge is 2.18. The zero-order valence-corrected chi connectivity index (χ0v) is 10.7. The molecule has 6 nitrogen and oxygen atoms in total. The lowest BCUT2D eigenvalue weighted by Crippen LogP contribution is -2.35. The van der Waals surface area contributed by atoms with E-state index in [1.165, 1.54) is 30.5 Å². The van der Waals surface area contributed by atoms with Gasteiger partial charge < -0.3 is 14.4 Å². The van der Waals surface area contributed by atoms with Gasteiger partial charge in [-0.15, -0.1) is 11.3 Å². The van der Waals surface area contributed by atoms with Gasteiger partial charge in [-0.1, -0.05) is 0 Å². The lowest BCUT2D eigenvalue weighted by molar-refractivity contribution is -0.140. The molecule has 0 unspecified atom stereocenters. The van der Waals surface area contributed by atoms with Crippen LogP contribution in [0.3, 0.4) is 0 Å². The number of aromatic nitrogens is 1. The van der Waals surface area contributed by atoms with Gasteiger partial charge in [0.05, 0.1) is 19.9 Å². The van der Waals surface area contributed by atoms with Gasteiger partial charge in [-0.2, -0.15) is 0 Å². The third-order valence-corrected chi connectivity index (χ3v) is 2.99. The van der Waals surface area contributed by atoms with Crippen molar-refractivity contribution in [2.45, 2.75) is 6.92 Å². The molecule has 0 amide bonds. The van der Waals surface area contributed by atoms with Crippen LogP contribution in [-0.4, -0.2) is 44.2 Å². The Labute approximate surface area is 103 Å². The van der Waals surface area contributed by atoms with Crippen molar-refractivity contribution in [1.82, 2.24) is 4.98 Å². The van der Waals surface area contributed by atoms with Gasteiger partial charge in [-0.25, -0.2) is 4.98 Å². The van der Waals surface area contributed by atoms with Crippen LogP contribution < -0.4 is 4.90 Å². The van der Waals surface area contributed by atoms with Gasteiger partial charge in [0, 0.05) is 5.38 Å². The summed E-state index contributed by atoms with van der Waals surface area (Å²) in [5.74, 6) is -0.858. The second-order valence-corrected chi connectivity index (χ2v) is 4.12. The maximum Gasteiger partial charge on any atom is 0.325 e. The van der Waals surface area contributed by atoms with Crippen molar-refractivity contribution in [2.75, 3.05) is 32.2 Å². The minimum Gasteiger partial charge on any atom is -0.468 e. The molecule has 1 heterocycles. The Morgan fingerprint density at radius 3 is 2.18 bits per heavy atom. The molecule has 0 aliphatic heterocycles. The van der Waals surface area contributed by atoms with Crippen molar-refractivity contribution < 1.29 is 19.1 Å². The first kappa shape index (κ1) is 13.4. The number of hydrogen-bond acceptors (Lipinski definition) is 7. The maximum atomic E-state index is 11.2. The van der Waals surface area contributed by atoms with E-state index in [9.17, 15) is 9.59 Å². The molecule has 0 fully saturated rings. The first-order valence-corrected chi connectivity index (χ1v) is 5.75. The molecule has 0 N–H and O–H groups in total. The van der Waals surface area contributed by atoms with Gasteiger partial charge in [-0.3, -0.25) is 9.59 Å². The molecule has 0 spiro atoms. The zero-order chi connectivity index (χ0) is 12.8. The number of hydrogen-bond donors (Lipinski definition) is 0. The standard InChI is InChI=1S/C10H14N2O4S/c1-7-6-17-10(11-7)12(4-8(13)15-2)5-9(14)16-3/h6H,4-5H2,1-3H3. The number of carbonyl (C=O) groups excluding carboxylic acids is 2. The molecule has 0 bridgehead atoms. The van der Waals surface area contributed by atoms with E-state index in [4.69, 9.17) is 0 Å². The number of rotatable bonds is 5. The number of nitrogens with zero attached hydrogens (tertiary/aromatic N) is 2. The molecule has 0 aliphatic carbocycles. The van der Waals surface area contributed by atoms with E-state index in [0.29, 0.717) is 5.13 Å². The van der Waals surface area contributed by atoms with Crippen LogP contribution in [0.4, 0.5) is 5.13 Å². The molecule has 0 saturated carbocycles. The number of methoxy groups -OCH3 is 2.